The van der Waals surface area contributed by atoms with Gasteiger partial charge in [-0.15, -0.1) is 0 Å². The molecule has 2 N–H and O–H groups in total. The van der Waals surface area contributed by atoms with E-state index in [0.29, 0.717) is 25.5 Å². The Morgan fingerprint density at radius 3 is 3.09 bits per heavy atom. The van der Waals surface area contributed by atoms with Gasteiger partial charge in [-0.2, -0.15) is 0 Å². The molecule has 1 atom stereocenters. The lowest BCUT2D eigenvalue weighted by atomic mass is 10.0. The Kier molecular flexibility index (Phi) is 3.39. The highest BCUT2D eigenvalue weighted by molar-refractivity contribution is 6.47. The molecule has 1 rings (SSSR count). The van der Waals surface area contributed by atoms with E-state index in [2.05, 4.69) is 10.5 Å². The van der Waals surface area contributed by atoms with Crippen molar-refractivity contribution >= 4 is 13.3 Å². The molecule has 1 aliphatic heterocycles. The van der Waals surface area contributed by atoms with Crippen LogP contribution in [0.5, 0.6) is 0 Å². The summed E-state index contributed by atoms with van der Waals surface area (Å²) in [5.41, 5.74) is 0. The van der Waals surface area contributed by atoms with Gasteiger partial charge >= 0.3 is 0 Å². The van der Waals surface area contributed by atoms with Crippen LogP contribution in [0.1, 0.15) is 6.42 Å². The Morgan fingerprint density at radius 1 is 1.82 bits per heavy atom. The molecule has 1 saturated heterocycles. The first-order valence-corrected chi connectivity index (χ1v) is 3.68. The zero-order valence-corrected chi connectivity index (χ0v) is 6.59. The van der Waals surface area contributed by atoms with E-state index in [0.717, 1.165) is 0 Å². The largest absolute Gasteiger partial charge is 0.383 e. The summed E-state index contributed by atoms with van der Waals surface area (Å²) in [5, 5.41) is 5.67. The molecule has 1 aliphatic rings. The Balaban J connectivity index is 1.92. The van der Waals surface area contributed by atoms with Crippen LogP contribution in [0.25, 0.3) is 0 Å². The van der Waals surface area contributed by atoms with E-state index in [1.165, 1.54) is 0 Å². The van der Waals surface area contributed by atoms with Gasteiger partial charge in [0.2, 0.25) is 13.3 Å². The number of amides is 1. The van der Waals surface area contributed by atoms with Gasteiger partial charge in [0.05, 0.1) is 6.61 Å². The number of rotatable bonds is 5. The van der Waals surface area contributed by atoms with Gasteiger partial charge in [0.15, 0.2) is 0 Å². The Morgan fingerprint density at radius 2 is 2.55 bits per heavy atom. The van der Waals surface area contributed by atoms with Crippen LogP contribution in [0.3, 0.4) is 0 Å². The Labute approximate surface area is 66.9 Å². The number of ether oxygens (including phenoxy) is 1. The van der Waals surface area contributed by atoms with Crippen molar-refractivity contribution in [3.63, 3.8) is 0 Å². The molecular weight excluding hydrogens is 143 g/mol. The fourth-order valence-corrected chi connectivity index (χ4v) is 0.750. The first-order chi connectivity index (χ1) is 5.33. The molecule has 0 aromatic rings. The van der Waals surface area contributed by atoms with E-state index >= 15 is 0 Å². The second-order valence-corrected chi connectivity index (χ2v) is 2.49. The molecule has 4 nitrogen and oxygen atoms in total. The Bertz CT molecular complexity index is 139. The average Bonchev–Trinajstić information content (AvgIpc) is 2.72. The average molecular weight is 155 g/mol. The molecule has 1 heterocycles. The Hall–Kier alpha value is -0.545. The molecule has 1 amide bonds. The van der Waals surface area contributed by atoms with Gasteiger partial charge in [0.1, 0.15) is 0 Å². The van der Waals surface area contributed by atoms with Gasteiger partial charge < -0.3 is 15.3 Å². The number of methoxy groups -OCH3 is 1. The van der Waals surface area contributed by atoms with Gasteiger partial charge in [-0.3, -0.25) is 4.79 Å². The number of nitrogens with one attached hydrogen (secondary N) is 2. The SMILES string of the molecule is COCCNC(=O)CC1[B]N1. The summed E-state index contributed by atoms with van der Waals surface area (Å²) in [6.07, 6.45) is 0.545. The first kappa shape index (κ1) is 8.55. The lowest BCUT2D eigenvalue weighted by molar-refractivity contribution is -0.121. The summed E-state index contributed by atoms with van der Waals surface area (Å²) in [6.45, 7) is 1.18. The fraction of sp³-hybridized carbons (Fsp3) is 0.833. The van der Waals surface area contributed by atoms with Gasteiger partial charge in [0, 0.05) is 20.1 Å². The summed E-state index contributed by atoms with van der Waals surface area (Å²) in [6, 6.07) is 0. The predicted molar refractivity (Wildman–Crippen MR) is 42.2 cm³/mol. The van der Waals surface area contributed by atoms with Crippen LogP contribution in [0, 0.1) is 0 Å². The van der Waals surface area contributed by atoms with Gasteiger partial charge in [-0.25, -0.2) is 0 Å². The lowest BCUT2D eigenvalue weighted by Gasteiger charge is -2.02. The topological polar surface area (TPSA) is 60.3 Å². The van der Waals surface area contributed by atoms with Gasteiger partial charge in [0.25, 0.3) is 0 Å². The van der Waals surface area contributed by atoms with E-state index in [1.54, 1.807) is 7.11 Å². The van der Waals surface area contributed by atoms with Crippen LogP contribution in [0.15, 0.2) is 0 Å². The van der Waals surface area contributed by atoms with Crippen LogP contribution in [-0.4, -0.2) is 39.5 Å². The van der Waals surface area contributed by atoms with E-state index in [4.69, 9.17) is 4.74 Å². The van der Waals surface area contributed by atoms with Crippen LogP contribution < -0.4 is 10.5 Å². The molecule has 5 heteroatoms. The zero-order valence-electron chi connectivity index (χ0n) is 6.59. The van der Waals surface area contributed by atoms with Crippen molar-refractivity contribution in [1.29, 1.82) is 0 Å². The lowest BCUT2D eigenvalue weighted by Crippen LogP contribution is -2.28. The quantitative estimate of drug-likeness (QED) is 0.294. The highest BCUT2D eigenvalue weighted by atomic mass is 16.5. The van der Waals surface area contributed by atoms with Crippen LogP contribution in [0.4, 0.5) is 0 Å². The summed E-state index contributed by atoms with van der Waals surface area (Å²) < 4.78 is 4.77. The molecule has 61 valence electrons. The van der Waals surface area contributed by atoms with Gasteiger partial charge in [-0.05, 0) is 5.94 Å². The number of carbonyl (C=O) groups excluding carboxylic acids is 1. The molecule has 0 aliphatic carbocycles. The molecule has 0 saturated carbocycles. The predicted octanol–water partition coefficient (Wildman–Crippen LogP) is -1.31. The van der Waals surface area contributed by atoms with Crippen molar-refractivity contribution in [3.05, 3.63) is 0 Å². The monoisotopic (exact) mass is 155 g/mol. The van der Waals surface area contributed by atoms with Crippen molar-refractivity contribution in [2.45, 2.75) is 12.4 Å². The third-order valence-corrected chi connectivity index (χ3v) is 1.44. The van der Waals surface area contributed by atoms with Crippen LogP contribution in [0.2, 0.25) is 0 Å². The van der Waals surface area contributed by atoms with Crippen molar-refractivity contribution < 1.29 is 9.53 Å². The van der Waals surface area contributed by atoms with Crippen molar-refractivity contribution in [2.75, 3.05) is 20.3 Å². The summed E-state index contributed by atoms with van der Waals surface area (Å²) in [5.74, 6) is 0.380. The standard InChI is InChI=1S/C6H12BN2O2/c1-11-3-2-8-6(10)4-5-7-9-5/h5,9H,2-4H2,1H3,(H,8,10). The van der Waals surface area contributed by atoms with E-state index in [9.17, 15) is 4.79 Å². The second kappa shape index (κ2) is 4.36. The summed E-state index contributed by atoms with van der Waals surface area (Å²) >= 11 is 0. The third-order valence-electron chi connectivity index (χ3n) is 1.44. The minimum absolute atomic E-state index is 0.0771. The second-order valence-electron chi connectivity index (χ2n) is 2.49. The molecular formula is C6H12BN2O2. The molecule has 0 aromatic heterocycles. The summed E-state index contributed by atoms with van der Waals surface area (Å²) in [4.78, 5) is 10.9. The minimum Gasteiger partial charge on any atom is -0.383 e. The molecule has 0 spiro atoms. The zero-order chi connectivity index (χ0) is 8.10. The van der Waals surface area contributed by atoms with Gasteiger partial charge in [-0.1, -0.05) is 0 Å². The van der Waals surface area contributed by atoms with Crippen LogP contribution in [-0.2, 0) is 9.53 Å². The van der Waals surface area contributed by atoms with Crippen molar-refractivity contribution in [1.82, 2.24) is 10.5 Å². The fourth-order valence-electron chi connectivity index (χ4n) is 0.750. The van der Waals surface area contributed by atoms with Crippen molar-refractivity contribution in [2.24, 2.45) is 0 Å². The maximum atomic E-state index is 10.9. The number of carbonyl (C=O) groups is 1. The molecule has 1 unspecified atom stereocenters. The molecule has 11 heavy (non-hydrogen) atoms. The molecule has 1 radical (unpaired) electrons. The molecule has 0 bridgehead atoms. The first-order valence-electron chi connectivity index (χ1n) is 3.68. The minimum atomic E-state index is 0.0771. The number of hydrogen-bond acceptors (Lipinski definition) is 3. The highest BCUT2D eigenvalue weighted by Crippen LogP contribution is 1.98. The third kappa shape index (κ3) is 4.00. The van der Waals surface area contributed by atoms with Crippen LogP contribution >= 0.6 is 0 Å². The molecule has 0 aromatic carbocycles. The normalized spacial score (nSPS) is 20.6. The van der Waals surface area contributed by atoms with Crippen molar-refractivity contribution in [3.8, 4) is 0 Å². The van der Waals surface area contributed by atoms with E-state index < -0.39 is 0 Å². The number of hydrogen-bond donors (Lipinski definition) is 2. The smallest absolute Gasteiger partial charge is 0.223 e. The maximum Gasteiger partial charge on any atom is 0.223 e. The highest BCUT2D eigenvalue weighted by Gasteiger charge is 2.24. The maximum absolute atomic E-state index is 10.9. The summed E-state index contributed by atoms with van der Waals surface area (Å²) in [7, 11) is 3.51. The van der Waals surface area contributed by atoms with E-state index in [1.807, 2.05) is 7.41 Å². The molecule has 1 fully saturated rings. The van der Waals surface area contributed by atoms with E-state index in [-0.39, 0.29) is 5.91 Å².